The van der Waals surface area contributed by atoms with Crippen molar-refractivity contribution in [3.8, 4) is 22.8 Å². The Labute approximate surface area is 272 Å². The summed E-state index contributed by atoms with van der Waals surface area (Å²) < 4.78 is 66.6. The molecular weight excluding hydrogens is 655 g/mol. The molecule has 0 N–H and O–H groups in total. The molecule has 1 aliphatic rings. The monoisotopic (exact) mass is 679 g/mol. The van der Waals surface area contributed by atoms with E-state index in [2.05, 4.69) is 4.99 Å². The van der Waals surface area contributed by atoms with Crippen LogP contribution in [0.5, 0.6) is 11.5 Å². The molecule has 0 aliphatic carbocycles. The van der Waals surface area contributed by atoms with E-state index in [1.165, 1.54) is 57.6 Å². The summed E-state index contributed by atoms with van der Waals surface area (Å²) in [5, 5.41) is 12.8. The third-order valence-electron chi connectivity index (χ3n) is 7.59. The van der Waals surface area contributed by atoms with Gasteiger partial charge in [0.15, 0.2) is 10.5 Å². The molecule has 1 aliphatic heterocycles. The second kappa shape index (κ2) is 12.5. The summed E-state index contributed by atoms with van der Waals surface area (Å²) in [4.78, 5) is 42.1. The second-order valence-electron chi connectivity index (χ2n) is 10.3. The van der Waals surface area contributed by atoms with Crippen LogP contribution in [0.15, 0.2) is 92.2 Å². The van der Waals surface area contributed by atoms with E-state index in [-0.39, 0.29) is 55.8 Å². The average molecular weight is 680 g/mol. The number of thiazole rings is 1. The maximum Gasteiger partial charge on any atom is 0.434 e. The maximum absolute atomic E-state index is 14.7. The zero-order chi connectivity index (χ0) is 34.3. The van der Waals surface area contributed by atoms with Crippen molar-refractivity contribution in [2.75, 3.05) is 20.8 Å². The van der Waals surface area contributed by atoms with E-state index in [1.807, 2.05) is 0 Å². The van der Waals surface area contributed by atoms with Crippen LogP contribution in [0.3, 0.4) is 0 Å². The Morgan fingerprint density at radius 2 is 1.88 bits per heavy atom. The summed E-state index contributed by atoms with van der Waals surface area (Å²) >= 11 is 0.655. The lowest BCUT2D eigenvalue weighted by Gasteiger charge is -2.28. The van der Waals surface area contributed by atoms with E-state index < -0.39 is 39.9 Å². The van der Waals surface area contributed by atoms with Crippen LogP contribution in [0.25, 0.3) is 28.2 Å². The Morgan fingerprint density at radius 3 is 2.56 bits per heavy atom. The Kier molecular flexibility index (Phi) is 8.39. The second-order valence-corrected chi connectivity index (χ2v) is 11.3. The van der Waals surface area contributed by atoms with Crippen molar-refractivity contribution in [1.82, 2.24) is 4.57 Å². The fourth-order valence-corrected chi connectivity index (χ4v) is 6.53. The molecule has 5 aromatic rings. The highest BCUT2D eigenvalue weighted by molar-refractivity contribution is 7.07. The molecule has 48 heavy (non-hydrogen) atoms. The Bertz CT molecular complexity index is 2320. The van der Waals surface area contributed by atoms with Gasteiger partial charge in [-0.05, 0) is 48.0 Å². The first-order chi connectivity index (χ1) is 23.0. The quantitative estimate of drug-likeness (QED) is 0.116. The average Bonchev–Trinajstić information content (AvgIpc) is 3.66. The standard InChI is InChI=1S/C33H24F3N3O8S/c1-4-46-31(41)27-28(26-20-8-6-5-7-17(20)9-13-24(26)45-3)38-30(40)25(48-32(38)37-29(27)33(34,35)36)16-19-11-14-23(47-19)21-12-10-18(44-2)15-22(21)39(42)43/h5-16,28H,4H2,1-3H3/b25-16-/t28-/m0/s1. The van der Waals surface area contributed by atoms with Gasteiger partial charge in [0, 0.05) is 11.6 Å². The van der Waals surface area contributed by atoms with Crippen LogP contribution in [-0.2, 0) is 9.53 Å². The molecule has 0 bridgehead atoms. The van der Waals surface area contributed by atoms with Crippen molar-refractivity contribution in [2.24, 2.45) is 4.99 Å². The lowest BCUT2D eigenvalue weighted by molar-refractivity contribution is -0.384. The number of nitro groups is 1. The summed E-state index contributed by atoms with van der Waals surface area (Å²) in [6.45, 7) is 1.22. The molecule has 0 saturated carbocycles. The summed E-state index contributed by atoms with van der Waals surface area (Å²) in [6.07, 6.45) is -3.81. The first kappa shape index (κ1) is 32.2. The highest BCUT2D eigenvalue weighted by atomic mass is 32.1. The summed E-state index contributed by atoms with van der Waals surface area (Å²) in [5.74, 6) is -0.711. The molecule has 0 radical (unpaired) electrons. The van der Waals surface area contributed by atoms with Crippen LogP contribution < -0.4 is 24.4 Å². The van der Waals surface area contributed by atoms with E-state index in [0.29, 0.717) is 22.1 Å². The number of alkyl halides is 3. The van der Waals surface area contributed by atoms with E-state index in [9.17, 15) is 32.9 Å². The molecule has 0 fully saturated rings. The fourth-order valence-electron chi connectivity index (χ4n) is 5.55. The van der Waals surface area contributed by atoms with E-state index >= 15 is 0 Å². The minimum atomic E-state index is -5.10. The number of benzene rings is 3. The number of methoxy groups -OCH3 is 2. The third kappa shape index (κ3) is 5.61. The Morgan fingerprint density at radius 1 is 1.10 bits per heavy atom. The molecular formula is C33H24F3N3O8S. The summed E-state index contributed by atoms with van der Waals surface area (Å²) in [6, 6.07) is 15.5. The number of carbonyl (C=O) groups excluding carboxylic acids is 1. The lowest BCUT2D eigenvalue weighted by atomic mass is 9.90. The molecule has 2 aromatic heterocycles. The predicted molar refractivity (Wildman–Crippen MR) is 169 cm³/mol. The van der Waals surface area contributed by atoms with Gasteiger partial charge >= 0.3 is 12.1 Å². The number of hydrogen-bond donors (Lipinski definition) is 0. The molecule has 15 heteroatoms. The number of ether oxygens (including phenoxy) is 3. The number of allylic oxidation sites excluding steroid dienone is 1. The number of aromatic nitrogens is 1. The molecule has 11 nitrogen and oxygen atoms in total. The number of furan rings is 1. The topological polar surface area (TPSA) is 135 Å². The van der Waals surface area contributed by atoms with Crippen molar-refractivity contribution in [3.05, 3.63) is 119 Å². The smallest absolute Gasteiger partial charge is 0.434 e. The van der Waals surface area contributed by atoms with Gasteiger partial charge in [0.1, 0.15) is 29.1 Å². The van der Waals surface area contributed by atoms with Crippen molar-refractivity contribution in [1.29, 1.82) is 0 Å². The van der Waals surface area contributed by atoms with Crippen LogP contribution in [0, 0.1) is 10.1 Å². The van der Waals surface area contributed by atoms with Crippen LogP contribution in [0.4, 0.5) is 18.9 Å². The van der Waals surface area contributed by atoms with Gasteiger partial charge in [0.2, 0.25) is 0 Å². The molecule has 0 spiro atoms. The van der Waals surface area contributed by atoms with Gasteiger partial charge in [-0.2, -0.15) is 13.2 Å². The Hall–Kier alpha value is -5.70. The van der Waals surface area contributed by atoms with E-state index in [4.69, 9.17) is 18.6 Å². The van der Waals surface area contributed by atoms with Crippen molar-refractivity contribution in [3.63, 3.8) is 0 Å². The largest absolute Gasteiger partial charge is 0.497 e. The number of esters is 1. The van der Waals surface area contributed by atoms with Crippen LogP contribution in [0.1, 0.15) is 24.3 Å². The Balaban J connectivity index is 1.60. The van der Waals surface area contributed by atoms with Gasteiger partial charge in [-0.25, -0.2) is 9.79 Å². The van der Waals surface area contributed by atoms with Gasteiger partial charge in [-0.15, -0.1) is 0 Å². The first-order valence-electron chi connectivity index (χ1n) is 14.2. The SMILES string of the molecule is CCOC(=O)C1=C(C(F)(F)F)N=c2s/c(=C\c3ccc(-c4ccc(OC)cc4[N+](=O)[O-])o3)c(=O)n2[C@H]1c1c(OC)ccc2ccccc12. The fraction of sp³-hybridized carbons (Fsp3) is 0.182. The van der Waals surface area contributed by atoms with Crippen LogP contribution in [0.2, 0.25) is 0 Å². The minimum absolute atomic E-state index is 0.0743. The van der Waals surface area contributed by atoms with Crippen molar-refractivity contribution < 1.29 is 41.5 Å². The lowest BCUT2D eigenvalue weighted by Crippen LogP contribution is -2.41. The molecule has 0 saturated heterocycles. The summed E-state index contributed by atoms with van der Waals surface area (Å²) in [7, 11) is 2.70. The summed E-state index contributed by atoms with van der Waals surface area (Å²) in [5.41, 5.74) is -3.15. The van der Waals surface area contributed by atoms with Crippen molar-refractivity contribution >= 4 is 39.8 Å². The molecule has 3 aromatic carbocycles. The highest BCUT2D eigenvalue weighted by Gasteiger charge is 2.46. The third-order valence-corrected chi connectivity index (χ3v) is 8.57. The minimum Gasteiger partial charge on any atom is -0.497 e. The van der Waals surface area contributed by atoms with Gasteiger partial charge in [0.25, 0.3) is 11.2 Å². The van der Waals surface area contributed by atoms with Crippen LogP contribution >= 0.6 is 11.3 Å². The van der Waals surface area contributed by atoms with Gasteiger partial charge < -0.3 is 18.6 Å². The van der Waals surface area contributed by atoms with Crippen LogP contribution in [-0.4, -0.2) is 42.5 Å². The van der Waals surface area contributed by atoms with Gasteiger partial charge in [-0.1, -0.05) is 41.7 Å². The maximum atomic E-state index is 14.7. The number of nitrogens with zero attached hydrogens (tertiary/aromatic N) is 3. The number of carbonyl (C=O) groups is 1. The van der Waals surface area contributed by atoms with Crippen molar-refractivity contribution in [2.45, 2.75) is 19.1 Å². The number of nitro benzene ring substituents is 1. The molecule has 1 atom stereocenters. The highest BCUT2D eigenvalue weighted by Crippen LogP contribution is 2.43. The molecule has 6 rings (SSSR count). The number of hydrogen-bond acceptors (Lipinski definition) is 10. The van der Waals surface area contributed by atoms with E-state index in [0.717, 1.165) is 4.57 Å². The normalized spacial score (nSPS) is 14.9. The van der Waals surface area contributed by atoms with E-state index in [1.54, 1.807) is 36.4 Å². The number of fused-ring (bicyclic) bond motifs is 2. The number of halogens is 3. The molecule has 3 heterocycles. The molecule has 0 amide bonds. The van der Waals surface area contributed by atoms with Gasteiger partial charge in [0.05, 0.1) is 47.5 Å². The molecule has 246 valence electrons. The zero-order valence-electron chi connectivity index (χ0n) is 25.4. The first-order valence-corrected chi connectivity index (χ1v) is 15.1. The number of rotatable bonds is 8. The predicted octanol–water partition coefficient (Wildman–Crippen LogP) is 5.68. The molecule has 0 unspecified atom stereocenters. The zero-order valence-corrected chi connectivity index (χ0v) is 26.2. The van der Waals surface area contributed by atoms with Gasteiger partial charge in [-0.3, -0.25) is 19.5 Å².